The molecule has 2 aromatic rings. The third-order valence-corrected chi connectivity index (χ3v) is 3.51. The number of rotatable bonds is 4. The quantitative estimate of drug-likeness (QED) is 0.874. The van der Waals surface area contributed by atoms with Gasteiger partial charge in [-0.15, -0.1) is 0 Å². The highest BCUT2D eigenvalue weighted by atomic mass is 32.2. The number of aryl methyl sites for hydroxylation is 2. The van der Waals surface area contributed by atoms with Crippen LogP contribution in [0.25, 0.3) is 0 Å². The summed E-state index contributed by atoms with van der Waals surface area (Å²) in [6.07, 6.45) is 1.29. The number of hydrogen-bond acceptors (Lipinski definition) is 6. The molecule has 0 saturated heterocycles. The fourth-order valence-electron chi connectivity index (χ4n) is 1.50. The SMILES string of the molecule is Cc1cc(CS(=O)(=O)Nc2c(C#N)cnn2C)no1. The zero-order chi connectivity index (χ0) is 14.0. The highest BCUT2D eigenvalue weighted by molar-refractivity contribution is 7.91. The van der Waals surface area contributed by atoms with Gasteiger partial charge >= 0.3 is 0 Å². The smallest absolute Gasteiger partial charge is 0.239 e. The Morgan fingerprint density at radius 2 is 2.32 bits per heavy atom. The van der Waals surface area contributed by atoms with Gasteiger partial charge in [-0.3, -0.25) is 9.40 Å². The van der Waals surface area contributed by atoms with Crippen LogP contribution in [0, 0.1) is 18.3 Å². The van der Waals surface area contributed by atoms with Crippen molar-refractivity contribution in [2.45, 2.75) is 12.7 Å². The molecule has 0 aliphatic carbocycles. The minimum Gasteiger partial charge on any atom is -0.361 e. The summed E-state index contributed by atoms with van der Waals surface area (Å²) in [5.74, 6) is 0.326. The van der Waals surface area contributed by atoms with Gasteiger partial charge in [0.1, 0.15) is 28.8 Å². The third kappa shape index (κ3) is 2.92. The molecule has 0 radical (unpaired) electrons. The van der Waals surface area contributed by atoms with E-state index in [1.807, 2.05) is 6.07 Å². The molecule has 0 aromatic carbocycles. The second-order valence-electron chi connectivity index (χ2n) is 3.93. The summed E-state index contributed by atoms with van der Waals surface area (Å²) in [6, 6.07) is 3.40. The average Bonchev–Trinajstić information content (AvgIpc) is 2.86. The average molecular weight is 281 g/mol. The van der Waals surface area contributed by atoms with E-state index < -0.39 is 10.0 Å². The first-order valence-corrected chi connectivity index (χ1v) is 6.91. The van der Waals surface area contributed by atoms with Crippen molar-refractivity contribution in [2.75, 3.05) is 4.72 Å². The number of sulfonamides is 1. The molecule has 2 rings (SSSR count). The molecule has 2 heterocycles. The Morgan fingerprint density at radius 1 is 1.58 bits per heavy atom. The lowest BCUT2D eigenvalue weighted by Crippen LogP contribution is -2.18. The number of hydrogen-bond donors (Lipinski definition) is 1. The van der Waals surface area contributed by atoms with Crippen molar-refractivity contribution in [2.24, 2.45) is 7.05 Å². The van der Waals surface area contributed by atoms with Crippen LogP contribution in [-0.2, 0) is 22.8 Å². The van der Waals surface area contributed by atoms with E-state index in [9.17, 15) is 8.42 Å². The van der Waals surface area contributed by atoms with Gasteiger partial charge in [-0.2, -0.15) is 10.4 Å². The van der Waals surface area contributed by atoms with Crippen molar-refractivity contribution in [3.8, 4) is 6.07 Å². The molecular formula is C10H11N5O3S. The maximum atomic E-state index is 12.0. The van der Waals surface area contributed by atoms with Crippen LogP contribution >= 0.6 is 0 Å². The lowest BCUT2D eigenvalue weighted by Gasteiger charge is -2.06. The van der Waals surface area contributed by atoms with Crippen LogP contribution in [0.5, 0.6) is 0 Å². The van der Waals surface area contributed by atoms with Gasteiger partial charge in [-0.1, -0.05) is 5.16 Å². The molecular weight excluding hydrogens is 270 g/mol. The maximum absolute atomic E-state index is 12.0. The van der Waals surface area contributed by atoms with Crippen LogP contribution in [-0.4, -0.2) is 23.4 Å². The predicted octanol–water partition coefficient (Wildman–Crippen LogP) is 0.530. The fourth-order valence-corrected chi connectivity index (χ4v) is 2.64. The molecule has 0 atom stereocenters. The largest absolute Gasteiger partial charge is 0.361 e. The Hall–Kier alpha value is -2.34. The summed E-state index contributed by atoms with van der Waals surface area (Å²) >= 11 is 0. The highest BCUT2D eigenvalue weighted by Crippen LogP contribution is 2.16. The summed E-state index contributed by atoms with van der Waals surface area (Å²) in [7, 11) is -2.14. The Bertz CT molecular complexity index is 738. The molecule has 0 aliphatic heterocycles. The minimum absolute atomic E-state index is 0.128. The summed E-state index contributed by atoms with van der Waals surface area (Å²) in [5, 5.41) is 16.3. The summed E-state index contributed by atoms with van der Waals surface area (Å²) in [5.41, 5.74) is 0.452. The molecule has 100 valence electrons. The molecule has 0 bridgehead atoms. The Balaban J connectivity index is 2.22. The Kier molecular flexibility index (Phi) is 3.26. The Labute approximate surface area is 109 Å². The lowest BCUT2D eigenvalue weighted by atomic mass is 10.4. The first-order valence-electron chi connectivity index (χ1n) is 5.26. The molecule has 0 spiro atoms. The van der Waals surface area contributed by atoms with Crippen LogP contribution in [0.2, 0.25) is 0 Å². The number of nitriles is 1. The standard InChI is InChI=1S/C10H11N5O3S/c1-7-3-9(13-18-7)6-19(16,17)14-10-8(4-11)5-12-15(10)2/h3,5,14H,6H2,1-2H3. The monoisotopic (exact) mass is 281 g/mol. The van der Waals surface area contributed by atoms with Gasteiger partial charge in [-0.25, -0.2) is 8.42 Å². The van der Waals surface area contributed by atoms with Gasteiger partial charge in [-0.05, 0) is 6.92 Å². The van der Waals surface area contributed by atoms with Crippen LogP contribution in [0.4, 0.5) is 5.82 Å². The van der Waals surface area contributed by atoms with Gasteiger partial charge in [0.2, 0.25) is 10.0 Å². The molecule has 1 N–H and O–H groups in total. The second-order valence-corrected chi connectivity index (χ2v) is 5.65. The number of anilines is 1. The zero-order valence-electron chi connectivity index (χ0n) is 10.3. The van der Waals surface area contributed by atoms with E-state index in [1.54, 1.807) is 14.0 Å². The van der Waals surface area contributed by atoms with E-state index in [-0.39, 0.29) is 17.1 Å². The van der Waals surface area contributed by atoms with Crippen molar-refractivity contribution >= 4 is 15.8 Å². The molecule has 19 heavy (non-hydrogen) atoms. The van der Waals surface area contributed by atoms with Crippen LogP contribution in [0.15, 0.2) is 16.8 Å². The highest BCUT2D eigenvalue weighted by Gasteiger charge is 2.18. The molecule has 0 fully saturated rings. The number of nitrogens with zero attached hydrogens (tertiary/aromatic N) is 4. The van der Waals surface area contributed by atoms with Crippen molar-refractivity contribution in [1.29, 1.82) is 5.26 Å². The second kappa shape index (κ2) is 4.74. The molecule has 2 aromatic heterocycles. The van der Waals surface area contributed by atoms with Crippen molar-refractivity contribution in [3.63, 3.8) is 0 Å². The lowest BCUT2D eigenvalue weighted by molar-refractivity contribution is 0.392. The predicted molar refractivity (Wildman–Crippen MR) is 65.4 cm³/mol. The molecule has 0 amide bonds. The topological polar surface area (TPSA) is 114 Å². The number of aromatic nitrogens is 3. The molecule has 0 unspecified atom stereocenters. The first kappa shape index (κ1) is 13.1. The van der Waals surface area contributed by atoms with E-state index in [1.165, 1.54) is 16.9 Å². The molecule has 8 nitrogen and oxygen atoms in total. The first-order chi connectivity index (χ1) is 8.91. The van der Waals surface area contributed by atoms with Gasteiger partial charge in [0.05, 0.1) is 6.20 Å². The normalized spacial score (nSPS) is 11.2. The van der Waals surface area contributed by atoms with Crippen molar-refractivity contribution in [3.05, 3.63) is 29.3 Å². The van der Waals surface area contributed by atoms with Gasteiger partial charge < -0.3 is 4.52 Å². The molecule has 0 saturated carbocycles. The maximum Gasteiger partial charge on any atom is 0.239 e. The minimum atomic E-state index is -3.68. The summed E-state index contributed by atoms with van der Waals surface area (Å²) in [6.45, 7) is 1.67. The van der Waals surface area contributed by atoms with E-state index in [0.717, 1.165) is 0 Å². The molecule has 0 aliphatic rings. The van der Waals surface area contributed by atoms with E-state index in [2.05, 4.69) is 15.0 Å². The van der Waals surface area contributed by atoms with Gasteiger partial charge in [0.15, 0.2) is 5.82 Å². The van der Waals surface area contributed by atoms with Gasteiger partial charge in [0.25, 0.3) is 0 Å². The summed E-state index contributed by atoms with van der Waals surface area (Å²) in [4.78, 5) is 0. The zero-order valence-corrected chi connectivity index (χ0v) is 11.1. The third-order valence-electron chi connectivity index (χ3n) is 2.33. The van der Waals surface area contributed by atoms with E-state index >= 15 is 0 Å². The van der Waals surface area contributed by atoms with Crippen LogP contribution < -0.4 is 4.72 Å². The van der Waals surface area contributed by atoms with E-state index in [4.69, 9.17) is 9.78 Å². The van der Waals surface area contributed by atoms with Crippen molar-refractivity contribution < 1.29 is 12.9 Å². The van der Waals surface area contributed by atoms with Crippen LogP contribution in [0.3, 0.4) is 0 Å². The van der Waals surface area contributed by atoms with E-state index in [0.29, 0.717) is 11.5 Å². The fraction of sp³-hybridized carbons (Fsp3) is 0.300. The summed E-state index contributed by atoms with van der Waals surface area (Å²) < 4.78 is 32.3. The Morgan fingerprint density at radius 3 is 2.89 bits per heavy atom. The van der Waals surface area contributed by atoms with Gasteiger partial charge in [0, 0.05) is 13.1 Å². The van der Waals surface area contributed by atoms with Crippen LogP contribution in [0.1, 0.15) is 17.0 Å². The van der Waals surface area contributed by atoms with Crippen molar-refractivity contribution in [1.82, 2.24) is 14.9 Å². The number of nitrogens with one attached hydrogen (secondary N) is 1. The molecule has 9 heteroatoms.